The topological polar surface area (TPSA) is 55.8 Å². The normalized spacial score (nSPS) is 11.1. The fourth-order valence-electron chi connectivity index (χ4n) is 2.24. The van der Waals surface area contributed by atoms with E-state index in [0.29, 0.717) is 11.5 Å². The lowest BCUT2D eigenvalue weighted by Gasteiger charge is -2.09. The quantitative estimate of drug-likeness (QED) is 0.792. The van der Waals surface area contributed by atoms with Crippen molar-refractivity contribution < 1.29 is 19.4 Å². The van der Waals surface area contributed by atoms with Gasteiger partial charge in [-0.2, -0.15) is 0 Å². The molecule has 0 aliphatic heterocycles. The van der Waals surface area contributed by atoms with Crippen LogP contribution in [0.5, 0.6) is 11.5 Å². The highest BCUT2D eigenvalue weighted by Gasteiger charge is 2.06. The van der Waals surface area contributed by atoms with Gasteiger partial charge in [0.25, 0.3) is 0 Å². The van der Waals surface area contributed by atoms with Gasteiger partial charge in [0.15, 0.2) is 17.3 Å². The van der Waals surface area contributed by atoms with Crippen molar-refractivity contribution in [2.75, 3.05) is 14.2 Å². The Labute approximate surface area is 141 Å². The van der Waals surface area contributed by atoms with Crippen molar-refractivity contribution in [1.29, 1.82) is 0 Å². The molecule has 0 aliphatic rings. The lowest BCUT2D eigenvalue weighted by atomic mass is 10.1. The Morgan fingerprint density at radius 3 is 2.50 bits per heavy atom. The van der Waals surface area contributed by atoms with E-state index in [1.54, 1.807) is 32.4 Å². The molecule has 4 nitrogen and oxygen atoms in total. The third-order valence-corrected chi connectivity index (χ3v) is 3.43. The fraction of sp³-hybridized carbons (Fsp3) is 0.150. The number of hydrogen-bond donors (Lipinski definition) is 1. The molecule has 0 radical (unpaired) electrons. The van der Waals surface area contributed by atoms with Crippen LogP contribution in [0, 0.1) is 0 Å². The fourth-order valence-corrected chi connectivity index (χ4v) is 2.24. The Balaban J connectivity index is 2.12. The zero-order valence-corrected chi connectivity index (χ0v) is 13.7. The summed E-state index contributed by atoms with van der Waals surface area (Å²) in [5, 5.41) is 9.12. The van der Waals surface area contributed by atoms with Gasteiger partial charge in [-0.3, -0.25) is 4.79 Å². The van der Waals surface area contributed by atoms with Gasteiger partial charge in [-0.1, -0.05) is 36.4 Å². The second-order valence-corrected chi connectivity index (χ2v) is 5.05. The molecule has 2 aromatic carbocycles. The summed E-state index contributed by atoms with van der Waals surface area (Å²) in [5.74, 6) is 1.06. The standard InChI is InChI=1S/C20H20O4/c1-23-19-8-4-7-17(20(19)24-2)10-12-18(22)11-9-15-5-3-6-16(13-15)14-21/h3-13,21H,14H2,1-2H3. The van der Waals surface area contributed by atoms with Crippen LogP contribution in [-0.4, -0.2) is 25.1 Å². The summed E-state index contributed by atoms with van der Waals surface area (Å²) in [6.45, 7) is -0.0227. The number of ketones is 1. The zero-order chi connectivity index (χ0) is 17.4. The van der Waals surface area contributed by atoms with E-state index in [2.05, 4.69) is 0 Å². The summed E-state index contributed by atoms with van der Waals surface area (Å²) in [5.41, 5.74) is 2.43. The molecule has 0 unspecified atom stereocenters. The molecule has 2 aromatic rings. The van der Waals surface area contributed by atoms with Gasteiger partial charge in [-0.15, -0.1) is 0 Å². The van der Waals surface area contributed by atoms with Crippen molar-refractivity contribution >= 4 is 17.9 Å². The van der Waals surface area contributed by atoms with E-state index in [1.165, 1.54) is 12.2 Å². The van der Waals surface area contributed by atoms with Crippen LogP contribution in [0.4, 0.5) is 0 Å². The van der Waals surface area contributed by atoms with Crippen LogP contribution >= 0.6 is 0 Å². The first kappa shape index (κ1) is 17.5. The molecule has 0 atom stereocenters. The van der Waals surface area contributed by atoms with Gasteiger partial charge in [0.2, 0.25) is 0 Å². The molecule has 0 fully saturated rings. The highest BCUT2D eigenvalue weighted by atomic mass is 16.5. The first-order chi connectivity index (χ1) is 11.7. The molecule has 124 valence electrons. The first-order valence-electron chi connectivity index (χ1n) is 7.49. The van der Waals surface area contributed by atoms with Crippen LogP contribution in [0.25, 0.3) is 12.2 Å². The molecule has 0 saturated carbocycles. The summed E-state index contributed by atoms with van der Waals surface area (Å²) in [7, 11) is 3.13. The smallest absolute Gasteiger partial charge is 0.178 e. The lowest BCUT2D eigenvalue weighted by molar-refractivity contribution is -0.110. The molecule has 0 aliphatic carbocycles. The maximum absolute atomic E-state index is 12.0. The van der Waals surface area contributed by atoms with E-state index in [4.69, 9.17) is 14.6 Å². The van der Waals surface area contributed by atoms with Crippen molar-refractivity contribution in [2.45, 2.75) is 6.61 Å². The number of hydrogen-bond acceptors (Lipinski definition) is 4. The maximum atomic E-state index is 12.0. The van der Waals surface area contributed by atoms with Crippen LogP contribution in [0.3, 0.4) is 0 Å². The van der Waals surface area contributed by atoms with Crippen molar-refractivity contribution in [3.8, 4) is 11.5 Å². The van der Waals surface area contributed by atoms with Gasteiger partial charge in [0.1, 0.15) is 0 Å². The minimum Gasteiger partial charge on any atom is -0.493 e. The predicted octanol–water partition coefficient (Wildman–Crippen LogP) is 3.49. The number of rotatable bonds is 7. The van der Waals surface area contributed by atoms with Crippen LogP contribution in [-0.2, 0) is 11.4 Å². The van der Waals surface area contributed by atoms with E-state index >= 15 is 0 Å². The molecule has 0 bridgehead atoms. The van der Waals surface area contributed by atoms with Gasteiger partial charge < -0.3 is 14.6 Å². The van der Waals surface area contributed by atoms with E-state index in [9.17, 15) is 4.79 Å². The average molecular weight is 324 g/mol. The Kier molecular flexibility index (Phi) is 6.34. The second kappa shape index (κ2) is 8.70. The summed E-state index contributed by atoms with van der Waals surface area (Å²) in [6, 6.07) is 12.9. The zero-order valence-electron chi connectivity index (χ0n) is 13.7. The Morgan fingerprint density at radius 2 is 1.79 bits per heavy atom. The third kappa shape index (κ3) is 4.57. The van der Waals surface area contributed by atoms with E-state index in [1.807, 2.05) is 36.4 Å². The molecule has 24 heavy (non-hydrogen) atoms. The molecular weight excluding hydrogens is 304 g/mol. The maximum Gasteiger partial charge on any atom is 0.178 e. The van der Waals surface area contributed by atoms with Gasteiger partial charge in [-0.25, -0.2) is 0 Å². The summed E-state index contributed by atoms with van der Waals surface area (Å²) >= 11 is 0. The van der Waals surface area contributed by atoms with Gasteiger partial charge in [0.05, 0.1) is 20.8 Å². The molecular formula is C20H20O4. The summed E-state index contributed by atoms with van der Waals surface area (Å²) in [4.78, 5) is 12.0. The number of methoxy groups -OCH3 is 2. The molecule has 0 saturated heterocycles. The number of benzene rings is 2. The van der Waals surface area contributed by atoms with Crippen molar-refractivity contribution in [3.05, 3.63) is 71.3 Å². The predicted molar refractivity (Wildman–Crippen MR) is 95.0 cm³/mol. The number of ether oxygens (including phenoxy) is 2. The molecule has 4 heteroatoms. The second-order valence-electron chi connectivity index (χ2n) is 5.05. The SMILES string of the molecule is COc1cccc(C=CC(=O)C=Cc2cccc(CO)c2)c1OC. The number of aliphatic hydroxyl groups excluding tert-OH is 1. The number of carbonyl (C=O) groups is 1. The Hall–Kier alpha value is -2.85. The van der Waals surface area contributed by atoms with Gasteiger partial charge in [0, 0.05) is 5.56 Å². The molecule has 0 aromatic heterocycles. The lowest BCUT2D eigenvalue weighted by Crippen LogP contribution is -1.93. The van der Waals surface area contributed by atoms with Gasteiger partial charge >= 0.3 is 0 Å². The minimum atomic E-state index is -0.144. The first-order valence-corrected chi connectivity index (χ1v) is 7.49. The number of para-hydroxylation sites is 1. The van der Waals surface area contributed by atoms with Crippen LogP contribution < -0.4 is 9.47 Å². The minimum absolute atomic E-state index is 0.0227. The molecule has 2 rings (SSSR count). The molecule has 0 amide bonds. The largest absolute Gasteiger partial charge is 0.493 e. The monoisotopic (exact) mass is 324 g/mol. The van der Waals surface area contributed by atoms with Crippen molar-refractivity contribution in [1.82, 2.24) is 0 Å². The average Bonchev–Trinajstić information content (AvgIpc) is 2.64. The Morgan fingerprint density at radius 1 is 1.04 bits per heavy atom. The van der Waals surface area contributed by atoms with E-state index < -0.39 is 0 Å². The van der Waals surface area contributed by atoms with Crippen molar-refractivity contribution in [2.24, 2.45) is 0 Å². The van der Waals surface area contributed by atoms with E-state index in [0.717, 1.165) is 16.7 Å². The van der Waals surface area contributed by atoms with Gasteiger partial charge in [-0.05, 0) is 41.5 Å². The highest BCUT2D eigenvalue weighted by Crippen LogP contribution is 2.31. The number of aliphatic hydroxyl groups is 1. The van der Waals surface area contributed by atoms with Crippen LogP contribution in [0.2, 0.25) is 0 Å². The third-order valence-electron chi connectivity index (χ3n) is 3.43. The summed E-state index contributed by atoms with van der Waals surface area (Å²) < 4.78 is 10.6. The van der Waals surface area contributed by atoms with Crippen LogP contribution in [0.1, 0.15) is 16.7 Å². The van der Waals surface area contributed by atoms with Crippen LogP contribution in [0.15, 0.2) is 54.6 Å². The number of allylic oxidation sites excluding steroid dienone is 2. The summed E-state index contributed by atoms with van der Waals surface area (Å²) in [6.07, 6.45) is 6.37. The number of carbonyl (C=O) groups excluding carboxylic acids is 1. The Bertz CT molecular complexity index is 760. The van der Waals surface area contributed by atoms with E-state index in [-0.39, 0.29) is 12.4 Å². The van der Waals surface area contributed by atoms with Crippen molar-refractivity contribution in [3.63, 3.8) is 0 Å². The molecule has 0 spiro atoms. The molecule has 1 N–H and O–H groups in total. The highest BCUT2D eigenvalue weighted by molar-refractivity contribution is 6.04. The molecule has 0 heterocycles.